The van der Waals surface area contributed by atoms with Gasteiger partial charge >= 0.3 is 0 Å². The van der Waals surface area contributed by atoms with Gasteiger partial charge in [-0.3, -0.25) is 9.59 Å². The Kier molecular flexibility index (Phi) is 6.69. The summed E-state index contributed by atoms with van der Waals surface area (Å²) in [6, 6.07) is 14.8. The van der Waals surface area contributed by atoms with E-state index in [1.165, 1.54) is 38.3 Å². The maximum Gasteiger partial charge on any atom is 0.265 e. The second kappa shape index (κ2) is 9.40. The standard InChI is InChI=1S/C23H28N2O3/c1-17(26)19-7-13-22(14-8-19)28-18(2)23(27)24-20-9-11-21(12-10-20)25-15-5-3-4-6-16-25/h7-14,18H,3-6,15-16H2,1-2H3,(H,24,27)/t18-/m1/s1. The number of carbonyl (C=O) groups excluding carboxylic acids is 2. The van der Waals surface area contributed by atoms with Crippen LogP contribution in [0.3, 0.4) is 0 Å². The molecule has 1 fully saturated rings. The highest BCUT2D eigenvalue weighted by Gasteiger charge is 2.16. The van der Waals surface area contributed by atoms with Crippen LogP contribution in [-0.2, 0) is 4.79 Å². The van der Waals surface area contributed by atoms with Crippen LogP contribution in [0.25, 0.3) is 0 Å². The Morgan fingerprint density at radius 2 is 1.54 bits per heavy atom. The molecule has 0 aromatic heterocycles. The van der Waals surface area contributed by atoms with E-state index in [1.54, 1.807) is 31.2 Å². The fraction of sp³-hybridized carbons (Fsp3) is 0.391. The molecule has 0 radical (unpaired) electrons. The first-order chi connectivity index (χ1) is 13.5. The summed E-state index contributed by atoms with van der Waals surface area (Å²) in [5, 5.41) is 2.90. The molecule has 5 nitrogen and oxygen atoms in total. The lowest BCUT2D eigenvalue weighted by Crippen LogP contribution is -2.30. The Labute approximate surface area is 166 Å². The van der Waals surface area contributed by atoms with Crippen LogP contribution in [0, 0.1) is 0 Å². The fourth-order valence-electron chi connectivity index (χ4n) is 3.35. The lowest BCUT2D eigenvalue weighted by molar-refractivity contribution is -0.122. The van der Waals surface area contributed by atoms with Crippen molar-refractivity contribution in [3.63, 3.8) is 0 Å². The number of Topliss-reactive ketones (excluding diaryl/α,β-unsaturated/α-hetero) is 1. The molecule has 1 aliphatic rings. The van der Waals surface area contributed by atoms with Crippen LogP contribution < -0.4 is 15.0 Å². The molecule has 0 saturated carbocycles. The number of carbonyl (C=O) groups is 2. The Bertz CT molecular complexity index is 792. The van der Waals surface area contributed by atoms with E-state index in [2.05, 4.69) is 22.3 Å². The van der Waals surface area contributed by atoms with Crippen molar-refractivity contribution >= 4 is 23.1 Å². The number of amides is 1. The molecule has 1 N–H and O–H groups in total. The van der Waals surface area contributed by atoms with Crippen LogP contribution in [0.1, 0.15) is 49.9 Å². The largest absolute Gasteiger partial charge is 0.481 e. The maximum absolute atomic E-state index is 12.4. The van der Waals surface area contributed by atoms with E-state index in [4.69, 9.17) is 4.74 Å². The van der Waals surface area contributed by atoms with Gasteiger partial charge in [-0.2, -0.15) is 0 Å². The number of benzene rings is 2. The quantitative estimate of drug-likeness (QED) is 0.740. The zero-order valence-electron chi connectivity index (χ0n) is 16.6. The lowest BCUT2D eigenvalue weighted by atomic mass is 10.1. The minimum absolute atomic E-state index is 0.000893. The third kappa shape index (κ3) is 5.35. The summed E-state index contributed by atoms with van der Waals surface area (Å²) in [7, 11) is 0. The Hall–Kier alpha value is -2.82. The van der Waals surface area contributed by atoms with Gasteiger partial charge in [0.1, 0.15) is 5.75 Å². The van der Waals surface area contributed by atoms with E-state index in [9.17, 15) is 9.59 Å². The van der Waals surface area contributed by atoms with Crippen LogP contribution in [0.4, 0.5) is 11.4 Å². The highest BCUT2D eigenvalue weighted by atomic mass is 16.5. The maximum atomic E-state index is 12.4. The van der Waals surface area contributed by atoms with Crippen molar-refractivity contribution in [2.75, 3.05) is 23.3 Å². The minimum Gasteiger partial charge on any atom is -0.481 e. The first kappa shape index (κ1) is 19.9. The summed E-state index contributed by atoms with van der Waals surface area (Å²) in [6.45, 7) is 5.42. The summed E-state index contributed by atoms with van der Waals surface area (Å²) < 4.78 is 5.68. The Morgan fingerprint density at radius 3 is 2.11 bits per heavy atom. The number of rotatable bonds is 6. The average molecular weight is 380 g/mol. The second-order valence-corrected chi connectivity index (χ2v) is 7.28. The summed E-state index contributed by atoms with van der Waals surface area (Å²) in [6.07, 6.45) is 4.44. The van der Waals surface area contributed by atoms with Gasteiger partial charge in [-0.25, -0.2) is 0 Å². The Balaban J connectivity index is 1.55. The molecule has 28 heavy (non-hydrogen) atoms. The van der Waals surface area contributed by atoms with Crippen molar-refractivity contribution in [3.05, 3.63) is 54.1 Å². The highest BCUT2D eigenvalue weighted by molar-refractivity contribution is 5.95. The van der Waals surface area contributed by atoms with Crippen molar-refractivity contribution in [3.8, 4) is 5.75 Å². The molecule has 0 aliphatic carbocycles. The van der Waals surface area contributed by atoms with E-state index < -0.39 is 6.10 Å². The van der Waals surface area contributed by atoms with Crippen LogP contribution in [0.5, 0.6) is 5.75 Å². The molecular weight excluding hydrogens is 352 g/mol. The molecule has 1 aliphatic heterocycles. The van der Waals surface area contributed by atoms with E-state index >= 15 is 0 Å². The smallest absolute Gasteiger partial charge is 0.265 e. The van der Waals surface area contributed by atoms with E-state index in [-0.39, 0.29) is 11.7 Å². The molecule has 1 heterocycles. The van der Waals surface area contributed by atoms with Gasteiger partial charge in [0, 0.05) is 30.0 Å². The fourth-order valence-corrected chi connectivity index (χ4v) is 3.35. The van der Waals surface area contributed by atoms with Gasteiger partial charge < -0.3 is 15.0 Å². The van der Waals surface area contributed by atoms with Crippen molar-refractivity contribution in [1.82, 2.24) is 0 Å². The minimum atomic E-state index is -0.645. The first-order valence-corrected chi connectivity index (χ1v) is 9.96. The molecule has 1 amide bonds. The molecule has 3 rings (SSSR count). The molecule has 0 spiro atoms. The SMILES string of the molecule is CC(=O)c1ccc(O[C@H](C)C(=O)Nc2ccc(N3CCCCCC3)cc2)cc1. The molecule has 1 saturated heterocycles. The van der Waals surface area contributed by atoms with Gasteiger partial charge in [-0.05, 0) is 75.2 Å². The predicted octanol–water partition coefficient (Wildman–Crippen LogP) is 4.68. The first-order valence-electron chi connectivity index (χ1n) is 9.96. The second-order valence-electron chi connectivity index (χ2n) is 7.28. The van der Waals surface area contributed by atoms with Gasteiger partial charge in [-0.1, -0.05) is 12.8 Å². The Morgan fingerprint density at radius 1 is 0.929 bits per heavy atom. The van der Waals surface area contributed by atoms with Crippen molar-refractivity contribution in [1.29, 1.82) is 0 Å². The third-order valence-corrected chi connectivity index (χ3v) is 5.05. The molecule has 0 unspecified atom stereocenters. The molecule has 2 aromatic rings. The number of hydrogen-bond donors (Lipinski definition) is 1. The summed E-state index contributed by atoms with van der Waals surface area (Å²) >= 11 is 0. The molecule has 1 atom stereocenters. The van der Waals surface area contributed by atoms with Crippen LogP contribution in [0.2, 0.25) is 0 Å². The predicted molar refractivity (Wildman–Crippen MR) is 112 cm³/mol. The van der Waals surface area contributed by atoms with Crippen LogP contribution in [-0.4, -0.2) is 30.9 Å². The van der Waals surface area contributed by atoms with Gasteiger partial charge in [0.15, 0.2) is 11.9 Å². The number of anilines is 2. The summed E-state index contributed by atoms with van der Waals surface area (Å²) in [5.74, 6) is 0.350. The number of ketones is 1. The van der Waals surface area contributed by atoms with Gasteiger partial charge in [0.2, 0.25) is 0 Å². The number of ether oxygens (including phenoxy) is 1. The van der Waals surface area contributed by atoms with E-state index in [0.29, 0.717) is 11.3 Å². The topological polar surface area (TPSA) is 58.6 Å². The average Bonchev–Trinajstić information content (AvgIpc) is 2.98. The lowest BCUT2D eigenvalue weighted by Gasteiger charge is -2.23. The van der Waals surface area contributed by atoms with E-state index in [1.807, 2.05) is 12.1 Å². The van der Waals surface area contributed by atoms with E-state index in [0.717, 1.165) is 18.8 Å². The van der Waals surface area contributed by atoms with Crippen molar-refractivity contribution in [2.45, 2.75) is 45.6 Å². The molecule has 2 aromatic carbocycles. The van der Waals surface area contributed by atoms with Crippen LogP contribution in [0.15, 0.2) is 48.5 Å². The molecular formula is C23H28N2O3. The van der Waals surface area contributed by atoms with Gasteiger partial charge in [-0.15, -0.1) is 0 Å². The van der Waals surface area contributed by atoms with Crippen molar-refractivity contribution < 1.29 is 14.3 Å². The molecule has 5 heteroatoms. The number of nitrogens with zero attached hydrogens (tertiary/aromatic N) is 1. The normalized spacial score (nSPS) is 15.4. The monoisotopic (exact) mass is 380 g/mol. The number of nitrogens with one attached hydrogen (secondary N) is 1. The summed E-state index contributed by atoms with van der Waals surface area (Å²) in [4.78, 5) is 26.2. The van der Waals surface area contributed by atoms with Gasteiger partial charge in [0.25, 0.3) is 5.91 Å². The van der Waals surface area contributed by atoms with Gasteiger partial charge in [0.05, 0.1) is 0 Å². The van der Waals surface area contributed by atoms with Crippen molar-refractivity contribution in [2.24, 2.45) is 0 Å². The highest BCUT2D eigenvalue weighted by Crippen LogP contribution is 2.22. The number of hydrogen-bond acceptors (Lipinski definition) is 4. The third-order valence-electron chi connectivity index (χ3n) is 5.05. The van der Waals surface area contributed by atoms with Crippen LogP contribution >= 0.6 is 0 Å². The molecule has 0 bridgehead atoms. The zero-order chi connectivity index (χ0) is 19.9. The zero-order valence-corrected chi connectivity index (χ0v) is 16.6. The summed E-state index contributed by atoms with van der Waals surface area (Å²) in [5.41, 5.74) is 2.58. The molecule has 148 valence electrons.